The van der Waals surface area contributed by atoms with E-state index in [2.05, 4.69) is 9.88 Å². The molecule has 2 atom stereocenters. The number of aromatic amines is 1. The van der Waals surface area contributed by atoms with Crippen molar-refractivity contribution in [3.8, 4) is 0 Å². The van der Waals surface area contributed by atoms with Crippen LogP contribution in [0, 0.1) is 11.8 Å². The summed E-state index contributed by atoms with van der Waals surface area (Å²) >= 11 is 0. The number of H-pyrrole nitrogens is 1. The van der Waals surface area contributed by atoms with Crippen LogP contribution in [0.4, 0.5) is 0 Å². The standard InChI is InChI=1S/C20H23N3O2/c24-20-19-18(15-7-3-4-8-16(15)25-19)21-17(22-20)12-23-10-9-13-5-1-2-6-14(13)11-23/h3-4,7-8,13-14H,1-2,5-6,9-12H2,(H,21,22,24)/t13-,14-/m1/s1. The first kappa shape index (κ1) is 15.1. The number of hydrogen-bond donors (Lipinski definition) is 1. The van der Waals surface area contributed by atoms with Gasteiger partial charge < -0.3 is 9.40 Å². The number of benzene rings is 1. The molecule has 5 nitrogen and oxygen atoms in total. The molecule has 5 heteroatoms. The Balaban J connectivity index is 1.45. The van der Waals surface area contributed by atoms with Gasteiger partial charge in [-0.3, -0.25) is 9.69 Å². The molecule has 1 aliphatic carbocycles. The van der Waals surface area contributed by atoms with Crippen molar-refractivity contribution in [2.75, 3.05) is 13.1 Å². The summed E-state index contributed by atoms with van der Waals surface area (Å²) in [7, 11) is 0. The first-order valence-corrected chi connectivity index (χ1v) is 9.41. The number of nitrogens with one attached hydrogen (secondary N) is 1. The molecular weight excluding hydrogens is 314 g/mol. The van der Waals surface area contributed by atoms with Gasteiger partial charge >= 0.3 is 0 Å². The zero-order valence-electron chi connectivity index (χ0n) is 14.3. The number of hydrogen-bond acceptors (Lipinski definition) is 4. The highest BCUT2D eigenvalue weighted by atomic mass is 16.3. The fourth-order valence-corrected chi connectivity index (χ4v) is 4.75. The lowest BCUT2D eigenvalue weighted by atomic mass is 9.75. The molecule has 1 aliphatic heterocycles. The van der Waals surface area contributed by atoms with E-state index in [1.807, 2.05) is 24.3 Å². The Bertz CT molecular complexity index is 974. The van der Waals surface area contributed by atoms with Gasteiger partial charge in [-0.15, -0.1) is 0 Å². The van der Waals surface area contributed by atoms with Crippen LogP contribution < -0.4 is 5.56 Å². The minimum Gasteiger partial charge on any atom is -0.449 e. The Kier molecular flexibility index (Phi) is 3.63. The quantitative estimate of drug-likeness (QED) is 0.775. The molecule has 1 aromatic carbocycles. The summed E-state index contributed by atoms with van der Waals surface area (Å²) in [5.74, 6) is 2.49. The third-order valence-corrected chi connectivity index (χ3v) is 6.03. The van der Waals surface area contributed by atoms with E-state index in [0.717, 1.165) is 41.7 Å². The van der Waals surface area contributed by atoms with Gasteiger partial charge in [-0.05, 0) is 43.4 Å². The van der Waals surface area contributed by atoms with Gasteiger partial charge in [0.2, 0.25) is 5.58 Å². The summed E-state index contributed by atoms with van der Waals surface area (Å²) in [6.45, 7) is 2.96. The Morgan fingerprint density at radius 1 is 1.16 bits per heavy atom. The van der Waals surface area contributed by atoms with Gasteiger partial charge in [0.15, 0.2) is 0 Å². The molecule has 0 spiro atoms. The predicted octanol–water partition coefficient (Wildman–Crippen LogP) is 3.68. The number of likely N-dealkylation sites (tertiary alicyclic amines) is 1. The molecule has 0 amide bonds. The molecule has 0 radical (unpaired) electrons. The van der Waals surface area contributed by atoms with E-state index >= 15 is 0 Å². The first-order valence-electron chi connectivity index (χ1n) is 9.41. The van der Waals surface area contributed by atoms with E-state index in [-0.39, 0.29) is 5.56 Å². The normalized spacial score (nSPS) is 24.6. The lowest BCUT2D eigenvalue weighted by Gasteiger charge is -2.41. The number of para-hydroxylation sites is 1. The van der Waals surface area contributed by atoms with Crippen molar-refractivity contribution >= 4 is 22.1 Å². The highest BCUT2D eigenvalue weighted by molar-refractivity contribution is 6.01. The summed E-state index contributed by atoms with van der Waals surface area (Å²) in [5, 5.41) is 0.913. The molecule has 2 aromatic heterocycles. The summed E-state index contributed by atoms with van der Waals surface area (Å²) in [4.78, 5) is 22.5. The SMILES string of the molecule is O=c1[nH]c(CN2CC[C@H]3CCCC[C@@H]3C2)nc2c1oc1ccccc12. The van der Waals surface area contributed by atoms with Crippen LogP contribution in [0.2, 0.25) is 0 Å². The lowest BCUT2D eigenvalue weighted by Crippen LogP contribution is -2.41. The minimum absolute atomic E-state index is 0.177. The number of piperidine rings is 1. The maximum atomic E-state index is 12.4. The smallest absolute Gasteiger partial charge is 0.294 e. The molecule has 2 fully saturated rings. The van der Waals surface area contributed by atoms with Crippen molar-refractivity contribution in [2.24, 2.45) is 11.8 Å². The van der Waals surface area contributed by atoms with Gasteiger partial charge in [0.05, 0.1) is 6.54 Å². The van der Waals surface area contributed by atoms with Crippen LogP contribution in [0.25, 0.3) is 22.1 Å². The van der Waals surface area contributed by atoms with Crippen molar-refractivity contribution in [3.05, 3.63) is 40.4 Å². The monoisotopic (exact) mass is 337 g/mol. The van der Waals surface area contributed by atoms with Crippen LogP contribution >= 0.6 is 0 Å². The first-order chi connectivity index (χ1) is 12.3. The lowest BCUT2D eigenvalue weighted by molar-refractivity contribution is 0.0803. The molecule has 1 N–H and O–H groups in total. The van der Waals surface area contributed by atoms with E-state index in [4.69, 9.17) is 9.40 Å². The van der Waals surface area contributed by atoms with E-state index in [9.17, 15) is 4.79 Å². The molecule has 0 bridgehead atoms. The van der Waals surface area contributed by atoms with Crippen LogP contribution in [0.15, 0.2) is 33.5 Å². The number of nitrogens with zero attached hydrogens (tertiary/aromatic N) is 2. The van der Waals surface area contributed by atoms with Gasteiger partial charge in [0, 0.05) is 11.9 Å². The van der Waals surface area contributed by atoms with Gasteiger partial charge in [0.25, 0.3) is 5.56 Å². The van der Waals surface area contributed by atoms with Crippen molar-refractivity contribution in [1.29, 1.82) is 0 Å². The molecule has 2 aliphatic rings. The summed E-state index contributed by atoms with van der Waals surface area (Å²) < 4.78 is 5.68. The van der Waals surface area contributed by atoms with E-state index < -0.39 is 0 Å². The van der Waals surface area contributed by atoms with E-state index in [1.54, 1.807) is 0 Å². The van der Waals surface area contributed by atoms with Crippen molar-refractivity contribution < 1.29 is 4.42 Å². The molecule has 130 valence electrons. The average molecular weight is 337 g/mol. The van der Waals surface area contributed by atoms with Gasteiger partial charge in [0.1, 0.15) is 16.9 Å². The Morgan fingerprint density at radius 3 is 2.92 bits per heavy atom. The van der Waals surface area contributed by atoms with Crippen LogP contribution in [0.1, 0.15) is 37.9 Å². The predicted molar refractivity (Wildman–Crippen MR) is 97.5 cm³/mol. The largest absolute Gasteiger partial charge is 0.449 e. The number of aromatic nitrogens is 2. The molecular formula is C20H23N3O2. The molecule has 1 saturated heterocycles. The third kappa shape index (κ3) is 2.67. The fraction of sp³-hybridized carbons (Fsp3) is 0.500. The summed E-state index contributed by atoms with van der Waals surface area (Å²) in [6.07, 6.45) is 6.82. The van der Waals surface area contributed by atoms with Gasteiger partial charge in [-0.2, -0.15) is 0 Å². The third-order valence-electron chi connectivity index (χ3n) is 6.03. The zero-order chi connectivity index (χ0) is 16.8. The molecule has 5 rings (SSSR count). The van der Waals surface area contributed by atoms with Crippen molar-refractivity contribution in [1.82, 2.24) is 14.9 Å². The van der Waals surface area contributed by atoms with Crippen molar-refractivity contribution in [2.45, 2.75) is 38.6 Å². The molecule has 3 aromatic rings. The second-order valence-electron chi connectivity index (χ2n) is 7.62. The van der Waals surface area contributed by atoms with Crippen LogP contribution in [0.3, 0.4) is 0 Å². The number of furan rings is 1. The zero-order valence-corrected chi connectivity index (χ0v) is 14.3. The topological polar surface area (TPSA) is 62.1 Å². The number of rotatable bonds is 2. The fourth-order valence-electron chi connectivity index (χ4n) is 4.75. The second kappa shape index (κ2) is 5.99. The maximum Gasteiger partial charge on any atom is 0.294 e. The highest BCUT2D eigenvalue weighted by Crippen LogP contribution is 2.36. The molecule has 0 unspecified atom stereocenters. The number of fused-ring (bicyclic) bond motifs is 4. The Morgan fingerprint density at radius 2 is 2.00 bits per heavy atom. The van der Waals surface area contributed by atoms with E-state index in [1.165, 1.54) is 32.1 Å². The van der Waals surface area contributed by atoms with E-state index in [0.29, 0.717) is 17.6 Å². The van der Waals surface area contributed by atoms with Gasteiger partial charge in [-0.25, -0.2) is 4.98 Å². The van der Waals surface area contributed by atoms with Crippen LogP contribution in [-0.4, -0.2) is 28.0 Å². The maximum absolute atomic E-state index is 12.4. The van der Waals surface area contributed by atoms with Crippen molar-refractivity contribution in [3.63, 3.8) is 0 Å². The summed E-state index contributed by atoms with van der Waals surface area (Å²) in [6, 6.07) is 7.71. The van der Waals surface area contributed by atoms with Crippen LogP contribution in [0.5, 0.6) is 0 Å². The highest BCUT2D eigenvalue weighted by Gasteiger charge is 2.31. The Labute approximate surface area is 146 Å². The average Bonchev–Trinajstić information content (AvgIpc) is 3.01. The minimum atomic E-state index is -0.177. The van der Waals surface area contributed by atoms with Crippen LogP contribution in [-0.2, 0) is 6.54 Å². The Hall–Kier alpha value is -2.14. The molecule has 1 saturated carbocycles. The molecule has 25 heavy (non-hydrogen) atoms. The second-order valence-corrected chi connectivity index (χ2v) is 7.62. The van der Waals surface area contributed by atoms with Gasteiger partial charge in [-0.1, -0.05) is 31.4 Å². The summed E-state index contributed by atoms with van der Waals surface area (Å²) in [5.41, 5.74) is 1.55. The molecule has 3 heterocycles.